The van der Waals surface area contributed by atoms with Gasteiger partial charge in [-0.2, -0.15) is 0 Å². The van der Waals surface area contributed by atoms with Crippen LogP contribution in [-0.2, 0) is 4.79 Å². The summed E-state index contributed by atoms with van der Waals surface area (Å²) in [5.74, 6) is 0.194. The maximum absolute atomic E-state index is 11.8. The summed E-state index contributed by atoms with van der Waals surface area (Å²) in [6.07, 6.45) is 2.19. The van der Waals surface area contributed by atoms with E-state index >= 15 is 0 Å². The zero-order valence-electron chi connectivity index (χ0n) is 13.6. The maximum atomic E-state index is 11.8. The highest BCUT2D eigenvalue weighted by molar-refractivity contribution is 5.85. The number of carbonyl (C=O) groups is 1. The molecule has 0 aromatic heterocycles. The lowest BCUT2D eigenvalue weighted by atomic mass is 10.1. The molecule has 0 bridgehead atoms. The fourth-order valence-corrected chi connectivity index (χ4v) is 2.02. The fraction of sp³-hybridized carbons (Fsp3) is 0.929. The first-order valence-corrected chi connectivity index (χ1v) is 7.22. The molecule has 4 nitrogen and oxygen atoms in total. The molecule has 0 spiro atoms. The molecule has 20 heavy (non-hydrogen) atoms. The first-order valence-electron chi connectivity index (χ1n) is 7.22. The first-order chi connectivity index (χ1) is 8.54. The van der Waals surface area contributed by atoms with E-state index in [2.05, 4.69) is 36.3 Å². The van der Waals surface area contributed by atoms with Crippen molar-refractivity contribution in [3.63, 3.8) is 0 Å². The highest BCUT2D eigenvalue weighted by Crippen LogP contribution is 2.01. The number of carbonyl (C=O) groups excluding carboxylic acids is 1. The van der Waals surface area contributed by atoms with Gasteiger partial charge in [-0.05, 0) is 46.4 Å². The highest BCUT2D eigenvalue weighted by atomic mass is 35.5. The van der Waals surface area contributed by atoms with Gasteiger partial charge < -0.3 is 15.5 Å². The second-order valence-electron chi connectivity index (χ2n) is 5.04. The second kappa shape index (κ2) is 15.4. The number of amides is 1. The molecule has 124 valence electrons. The van der Waals surface area contributed by atoms with E-state index < -0.39 is 0 Å². The van der Waals surface area contributed by atoms with Crippen LogP contribution in [0.5, 0.6) is 0 Å². The number of rotatable bonds is 10. The SMILES string of the molecule is CCN(CC)CCCC(C)NC(=O)C(C)CNC.Cl.Cl. The third kappa shape index (κ3) is 11.8. The van der Waals surface area contributed by atoms with E-state index in [-0.39, 0.29) is 42.7 Å². The lowest BCUT2D eigenvalue weighted by Crippen LogP contribution is -2.39. The van der Waals surface area contributed by atoms with Gasteiger partial charge in [-0.3, -0.25) is 4.79 Å². The Morgan fingerprint density at radius 2 is 1.70 bits per heavy atom. The maximum Gasteiger partial charge on any atom is 0.224 e. The Labute approximate surface area is 137 Å². The van der Waals surface area contributed by atoms with Crippen molar-refractivity contribution in [2.24, 2.45) is 5.92 Å². The smallest absolute Gasteiger partial charge is 0.224 e. The molecule has 0 aromatic carbocycles. The van der Waals surface area contributed by atoms with Crippen LogP contribution in [0.25, 0.3) is 0 Å². The van der Waals surface area contributed by atoms with Crippen molar-refractivity contribution in [2.45, 2.75) is 46.6 Å². The molecule has 0 aliphatic carbocycles. The molecular weight excluding hydrogens is 297 g/mol. The zero-order chi connectivity index (χ0) is 14.0. The molecule has 2 atom stereocenters. The summed E-state index contributed by atoms with van der Waals surface area (Å²) in [7, 11) is 1.87. The molecule has 2 unspecified atom stereocenters. The van der Waals surface area contributed by atoms with E-state index in [9.17, 15) is 4.79 Å². The molecule has 0 radical (unpaired) electrons. The molecule has 0 saturated heterocycles. The van der Waals surface area contributed by atoms with Gasteiger partial charge in [-0.25, -0.2) is 0 Å². The second-order valence-corrected chi connectivity index (χ2v) is 5.04. The lowest BCUT2D eigenvalue weighted by molar-refractivity contribution is -0.125. The van der Waals surface area contributed by atoms with Crippen LogP contribution in [0.1, 0.15) is 40.5 Å². The molecule has 6 heteroatoms. The van der Waals surface area contributed by atoms with E-state index in [1.54, 1.807) is 0 Å². The van der Waals surface area contributed by atoms with Crippen LogP contribution in [0.4, 0.5) is 0 Å². The summed E-state index contributed by atoms with van der Waals surface area (Å²) < 4.78 is 0. The first kappa shape index (κ1) is 25.0. The average Bonchev–Trinajstić information content (AvgIpc) is 2.34. The van der Waals surface area contributed by atoms with Gasteiger partial charge >= 0.3 is 0 Å². The van der Waals surface area contributed by atoms with Crippen LogP contribution >= 0.6 is 24.8 Å². The zero-order valence-corrected chi connectivity index (χ0v) is 15.2. The summed E-state index contributed by atoms with van der Waals surface area (Å²) in [4.78, 5) is 14.2. The van der Waals surface area contributed by atoms with E-state index in [0.717, 1.165) is 39.0 Å². The van der Waals surface area contributed by atoms with Crippen molar-refractivity contribution in [3.8, 4) is 0 Å². The van der Waals surface area contributed by atoms with Crippen LogP contribution in [0, 0.1) is 5.92 Å². The number of halogens is 2. The van der Waals surface area contributed by atoms with Crippen LogP contribution in [0.15, 0.2) is 0 Å². The number of hydrogen-bond donors (Lipinski definition) is 2. The average molecular weight is 330 g/mol. The number of nitrogens with zero attached hydrogens (tertiary/aromatic N) is 1. The minimum Gasteiger partial charge on any atom is -0.353 e. The molecule has 0 aliphatic heterocycles. The molecule has 1 amide bonds. The van der Waals surface area contributed by atoms with Crippen molar-refractivity contribution in [1.29, 1.82) is 0 Å². The van der Waals surface area contributed by atoms with Crippen LogP contribution < -0.4 is 10.6 Å². The summed E-state index contributed by atoms with van der Waals surface area (Å²) in [5.41, 5.74) is 0. The van der Waals surface area contributed by atoms with Gasteiger partial charge in [0, 0.05) is 18.5 Å². The quantitative estimate of drug-likeness (QED) is 0.646. The van der Waals surface area contributed by atoms with Gasteiger partial charge in [0.05, 0.1) is 0 Å². The van der Waals surface area contributed by atoms with Crippen molar-refractivity contribution in [3.05, 3.63) is 0 Å². The molecule has 0 aromatic rings. The molecule has 0 rings (SSSR count). The Bertz CT molecular complexity index is 226. The minimum atomic E-state index is 0. The van der Waals surface area contributed by atoms with Crippen molar-refractivity contribution in [1.82, 2.24) is 15.5 Å². The third-order valence-corrected chi connectivity index (χ3v) is 3.35. The third-order valence-electron chi connectivity index (χ3n) is 3.35. The van der Waals surface area contributed by atoms with Crippen molar-refractivity contribution in [2.75, 3.05) is 33.2 Å². The van der Waals surface area contributed by atoms with E-state index in [1.807, 2.05) is 14.0 Å². The van der Waals surface area contributed by atoms with Crippen LogP contribution in [0.3, 0.4) is 0 Å². The Balaban J connectivity index is -0.00000144. The Morgan fingerprint density at radius 1 is 1.15 bits per heavy atom. The summed E-state index contributed by atoms with van der Waals surface area (Å²) in [6, 6.07) is 0.271. The summed E-state index contributed by atoms with van der Waals surface area (Å²) in [6.45, 7) is 12.5. The van der Waals surface area contributed by atoms with Crippen LogP contribution in [-0.4, -0.2) is 50.1 Å². The Hall–Kier alpha value is -0.0300. The predicted molar refractivity (Wildman–Crippen MR) is 92.2 cm³/mol. The monoisotopic (exact) mass is 329 g/mol. The Kier molecular flexibility index (Phi) is 19.2. The van der Waals surface area contributed by atoms with Crippen LogP contribution in [0.2, 0.25) is 0 Å². The Morgan fingerprint density at radius 3 is 2.15 bits per heavy atom. The van der Waals surface area contributed by atoms with E-state index in [0.29, 0.717) is 0 Å². The minimum absolute atomic E-state index is 0. The number of hydrogen-bond acceptors (Lipinski definition) is 3. The van der Waals surface area contributed by atoms with Gasteiger partial charge in [0.1, 0.15) is 0 Å². The summed E-state index contributed by atoms with van der Waals surface area (Å²) in [5, 5.41) is 6.10. The summed E-state index contributed by atoms with van der Waals surface area (Å²) >= 11 is 0. The van der Waals surface area contributed by atoms with Gasteiger partial charge in [0.2, 0.25) is 5.91 Å². The largest absolute Gasteiger partial charge is 0.353 e. The molecular formula is C14H33Cl2N3O. The van der Waals surface area contributed by atoms with E-state index in [1.165, 1.54) is 0 Å². The van der Waals surface area contributed by atoms with Crippen molar-refractivity contribution >= 4 is 30.7 Å². The van der Waals surface area contributed by atoms with E-state index in [4.69, 9.17) is 0 Å². The van der Waals surface area contributed by atoms with Gasteiger partial charge in [-0.15, -0.1) is 24.8 Å². The number of nitrogens with one attached hydrogen (secondary N) is 2. The molecule has 2 N–H and O–H groups in total. The molecule has 0 aliphatic rings. The lowest BCUT2D eigenvalue weighted by Gasteiger charge is -2.20. The van der Waals surface area contributed by atoms with Crippen molar-refractivity contribution < 1.29 is 4.79 Å². The molecule has 0 saturated carbocycles. The van der Waals surface area contributed by atoms with Gasteiger partial charge in [-0.1, -0.05) is 20.8 Å². The highest BCUT2D eigenvalue weighted by Gasteiger charge is 2.14. The molecule has 0 fully saturated rings. The topological polar surface area (TPSA) is 44.4 Å². The predicted octanol–water partition coefficient (Wildman–Crippen LogP) is 2.31. The standard InChI is InChI=1S/C14H31N3O.2ClH/c1-6-17(7-2)10-8-9-13(4)16-14(18)12(3)11-15-5;;/h12-13,15H,6-11H2,1-5H3,(H,16,18);2*1H. The fourth-order valence-electron chi connectivity index (χ4n) is 2.02. The normalized spacial score (nSPS) is 13.1. The molecule has 0 heterocycles. The van der Waals surface area contributed by atoms with Gasteiger partial charge in [0.25, 0.3) is 0 Å². The van der Waals surface area contributed by atoms with Gasteiger partial charge in [0.15, 0.2) is 0 Å².